The van der Waals surface area contributed by atoms with Crippen molar-refractivity contribution < 1.29 is 8.42 Å². The largest absolute Gasteiger partial charge is 0.251 e. The number of hydrogen-bond acceptors (Lipinski definition) is 4. The standard InChI is InChI=1S/C13H11BrN2O2S2/c1-9(11-4-2-10(8-15)3-5-11)16-20(17,18)13-12(14)6-7-19-13/h2-7,9,16H,1H3. The second kappa shape index (κ2) is 6.06. The van der Waals surface area contributed by atoms with Gasteiger partial charge >= 0.3 is 0 Å². The Labute approximate surface area is 130 Å². The van der Waals surface area contributed by atoms with Crippen molar-refractivity contribution in [2.45, 2.75) is 17.2 Å². The third kappa shape index (κ3) is 3.27. The van der Waals surface area contributed by atoms with Crippen molar-refractivity contribution in [1.82, 2.24) is 4.72 Å². The van der Waals surface area contributed by atoms with Crippen LogP contribution in [0.1, 0.15) is 24.1 Å². The SMILES string of the molecule is CC(NS(=O)(=O)c1sccc1Br)c1ccc(C#N)cc1. The van der Waals surface area contributed by atoms with Crippen LogP contribution >= 0.6 is 27.3 Å². The minimum absolute atomic E-state index is 0.262. The summed E-state index contributed by atoms with van der Waals surface area (Å²) in [6.07, 6.45) is 0. The van der Waals surface area contributed by atoms with Crippen LogP contribution in [0.3, 0.4) is 0 Å². The highest BCUT2D eigenvalue weighted by molar-refractivity contribution is 9.10. The molecule has 20 heavy (non-hydrogen) atoms. The highest BCUT2D eigenvalue weighted by Gasteiger charge is 2.22. The Balaban J connectivity index is 2.21. The molecule has 1 N–H and O–H groups in total. The van der Waals surface area contributed by atoms with Gasteiger partial charge in [0.15, 0.2) is 0 Å². The van der Waals surface area contributed by atoms with Gasteiger partial charge in [-0.05, 0) is 52.0 Å². The summed E-state index contributed by atoms with van der Waals surface area (Å²) in [5.74, 6) is 0. The van der Waals surface area contributed by atoms with E-state index in [4.69, 9.17) is 5.26 Å². The fourth-order valence-electron chi connectivity index (χ4n) is 1.67. The molecular weight excluding hydrogens is 360 g/mol. The molecule has 4 nitrogen and oxygen atoms in total. The van der Waals surface area contributed by atoms with Crippen molar-refractivity contribution >= 4 is 37.3 Å². The molecular formula is C13H11BrN2O2S2. The topological polar surface area (TPSA) is 70.0 Å². The average molecular weight is 371 g/mol. The van der Waals surface area contributed by atoms with E-state index in [-0.39, 0.29) is 10.3 Å². The molecule has 0 radical (unpaired) electrons. The van der Waals surface area contributed by atoms with E-state index in [0.29, 0.717) is 10.0 Å². The second-order valence-electron chi connectivity index (χ2n) is 4.13. The lowest BCUT2D eigenvalue weighted by Gasteiger charge is -2.14. The Bertz CT molecular complexity index is 745. The summed E-state index contributed by atoms with van der Waals surface area (Å²) in [4.78, 5) is 0. The van der Waals surface area contributed by atoms with Crippen LogP contribution in [0.25, 0.3) is 0 Å². The van der Waals surface area contributed by atoms with Crippen LogP contribution < -0.4 is 4.72 Å². The zero-order valence-corrected chi connectivity index (χ0v) is 13.7. The van der Waals surface area contributed by atoms with E-state index >= 15 is 0 Å². The Hall–Kier alpha value is -1.20. The molecule has 0 aliphatic rings. The summed E-state index contributed by atoms with van der Waals surface area (Å²) in [6, 6.07) is 10.2. The van der Waals surface area contributed by atoms with E-state index in [1.165, 1.54) is 0 Å². The van der Waals surface area contributed by atoms with Gasteiger partial charge in [0.05, 0.1) is 11.6 Å². The Morgan fingerprint density at radius 2 is 1.95 bits per heavy atom. The molecule has 0 saturated carbocycles. The van der Waals surface area contributed by atoms with Gasteiger partial charge in [-0.25, -0.2) is 13.1 Å². The summed E-state index contributed by atoms with van der Waals surface area (Å²) in [5, 5.41) is 10.5. The fraction of sp³-hybridized carbons (Fsp3) is 0.154. The zero-order valence-electron chi connectivity index (χ0n) is 10.5. The summed E-state index contributed by atoms with van der Waals surface area (Å²) >= 11 is 4.38. The van der Waals surface area contributed by atoms with Crippen molar-refractivity contribution in [3.8, 4) is 6.07 Å². The van der Waals surface area contributed by atoms with E-state index in [0.717, 1.165) is 16.9 Å². The first-order chi connectivity index (χ1) is 9.44. The minimum Gasteiger partial charge on any atom is -0.206 e. The maximum Gasteiger partial charge on any atom is 0.251 e. The van der Waals surface area contributed by atoms with E-state index in [1.807, 2.05) is 6.07 Å². The molecule has 1 atom stereocenters. The molecule has 7 heteroatoms. The second-order valence-corrected chi connectivity index (χ2v) is 7.81. The highest BCUT2D eigenvalue weighted by atomic mass is 79.9. The minimum atomic E-state index is -3.55. The van der Waals surface area contributed by atoms with Gasteiger partial charge in [-0.2, -0.15) is 5.26 Å². The van der Waals surface area contributed by atoms with Gasteiger partial charge in [0.1, 0.15) is 4.21 Å². The van der Waals surface area contributed by atoms with E-state index in [1.54, 1.807) is 42.6 Å². The zero-order chi connectivity index (χ0) is 14.8. The van der Waals surface area contributed by atoms with E-state index in [9.17, 15) is 8.42 Å². The lowest BCUT2D eigenvalue weighted by atomic mass is 10.1. The smallest absolute Gasteiger partial charge is 0.206 e. The number of thiophene rings is 1. The predicted octanol–water partition coefficient (Wildman–Crippen LogP) is 3.42. The van der Waals surface area contributed by atoms with Gasteiger partial charge in [0, 0.05) is 10.5 Å². The van der Waals surface area contributed by atoms with Crippen LogP contribution in [-0.4, -0.2) is 8.42 Å². The van der Waals surface area contributed by atoms with Gasteiger partial charge in [-0.3, -0.25) is 0 Å². The quantitative estimate of drug-likeness (QED) is 0.895. The van der Waals surface area contributed by atoms with Crippen LogP contribution in [-0.2, 0) is 10.0 Å². The predicted molar refractivity (Wildman–Crippen MR) is 81.9 cm³/mol. The summed E-state index contributed by atoms with van der Waals surface area (Å²) in [7, 11) is -3.55. The Morgan fingerprint density at radius 3 is 2.45 bits per heavy atom. The fourth-order valence-corrected chi connectivity index (χ4v) is 5.26. The van der Waals surface area contributed by atoms with Crippen molar-refractivity contribution in [1.29, 1.82) is 5.26 Å². The molecule has 0 bridgehead atoms. The molecule has 1 aromatic heterocycles. The number of nitrogens with zero attached hydrogens (tertiary/aromatic N) is 1. The molecule has 0 aliphatic heterocycles. The average Bonchev–Trinajstić information content (AvgIpc) is 2.85. The number of nitriles is 1. The molecule has 0 aliphatic carbocycles. The monoisotopic (exact) mass is 370 g/mol. The highest BCUT2D eigenvalue weighted by Crippen LogP contribution is 2.28. The number of rotatable bonds is 4. The molecule has 1 aromatic carbocycles. The first kappa shape index (κ1) is 15.2. The van der Waals surface area contributed by atoms with Gasteiger partial charge in [-0.1, -0.05) is 12.1 Å². The van der Waals surface area contributed by atoms with Gasteiger partial charge in [0.2, 0.25) is 0 Å². The Morgan fingerprint density at radius 1 is 1.30 bits per heavy atom. The summed E-state index contributed by atoms with van der Waals surface area (Å²) in [5.41, 5.74) is 1.35. The third-order valence-electron chi connectivity index (χ3n) is 2.70. The number of hydrogen-bond donors (Lipinski definition) is 1. The molecule has 0 fully saturated rings. The van der Waals surface area contributed by atoms with Gasteiger partial charge in [-0.15, -0.1) is 11.3 Å². The van der Waals surface area contributed by atoms with Crippen molar-refractivity contribution in [2.24, 2.45) is 0 Å². The molecule has 2 aromatic rings. The number of nitrogens with one attached hydrogen (secondary N) is 1. The molecule has 1 heterocycles. The molecule has 2 rings (SSSR count). The van der Waals surface area contributed by atoms with Crippen LogP contribution in [0.4, 0.5) is 0 Å². The number of sulfonamides is 1. The summed E-state index contributed by atoms with van der Waals surface area (Å²) in [6.45, 7) is 1.76. The van der Waals surface area contributed by atoms with Gasteiger partial charge in [0.25, 0.3) is 10.0 Å². The molecule has 104 valence electrons. The maximum atomic E-state index is 12.2. The van der Waals surface area contributed by atoms with Crippen molar-refractivity contribution in [3.05, 3.63) is 51.3 Å². The molecule has 0 spiro atoms. The van der Waals surface area contributed by atoms with Crippen LogP contribution in [0.15, 0.2) is 44.4 Å². The number of benzene rings is 1. The van der Waals surface area contributed by atoms with Crippen molar-refractivity contribution in [3.63, 3.8) is 0 Å². The van der Waals surface area contributed by atoms with E-state index in [2.05, 4.69) is 20.7 Å². The lowest BCUT2D eigenvalue weighted by molar-refractivity contribution is 0.568. The van der Waals surface area contributed by atoms with Gasteiger partial charge < -0.3 is 0 Å². The van der Waals surface area contributed by atoms with Crippen LogP contribution in [0.2, 0.25) is 0 Å². The molecule has 1 unspecified atom stereocenters. The van der Waals surface area contributed by atoms with E-state index < -0.39 is 10.0 Å². The van der Waals surface area contributed by atoms with Crippen LogP contribution in [0, 0.1) is 11.3 Å². The van der Waals surface area contributed by atoms with Crippen LogP contribution in [0.5, 0.6) is 0 Å². The third-order valence-corrected chi connectivity index (χ3v) is 6.91. The lowest BCUT2D eigenvalue weighted by Crippen LogP contribution is -2.26. The maximum absolute atomic E-state index is 12.2. The normalized spacial score (nSPS) is 12.8. The van der Waals surface area contributed by atoms with Crippen molar-refractivity contribution in [2.75, 3.05) is 0 Å². The molecule has 0 amide bonds. The summed E-state index contributed by atoms with van der Waals surface area (Å²) < 4.78 is 27.9. The Kier molecular flexibility index (Phi) is 4.60. The number of halogens is 1. The first-order valence-electron chi connectivity index (χ1n) is 5.69. The first-order valence-corrected chi connectivity index (χ1v) is 8.85. The molecule has 0 saturated heterocycles.